The zero-order chi connectivity index (χ0) is 14.7. The maximum Gasteiger partial charge on any atom is 0.166 e. The fourth-order valence-electron chi connectivity index (χ4n) is 1.96. The molecular weight excluding hydrogens is 284 g/mol. The van der Waals surface area contributed by atoms with E-state index in [2.05, 4.69) is 25.5 Å². The third kappa shape index (κ3) is 3.25. The average molecular weight is 298 g/mol. The van der Waals surface area contributed by atoms with E-state index in [9.17, 15) is 0 Å². The van der Waals surface area contributed by atoms with Crippen LogP contribution in [0, 0.1) is 13.8 Å². The Hall–Kier alpha value is -2.28. The first-order valence-electron chi connectivity index (χ1n) is 6.50. The lowest BCUT2D eigenvalue weighted by molar-refractivity contribution is 0.777. The minimum absolute atomic E-state index is 0.651. The molecule has 2 aromatic heterocycles. The zero-order valence-electron chi connectivity index (χ0n) is 11.8. The lowest BCUT2D eigenvalue weighted by Gasteiger charge is -2.05. The molecule has 3 aromatic rings. The van der Waals surface area contributed by atoms with Gasteiger partial charge in [-0.2, -0.15) is 4.68 Å². The van der Waals surface area contributed by atoms with Gasteiger partial charge in [0.25, 0.3) is 0 Å². The summed E-state index contributed by atoms with van der Waals surface area (Å²) in [4.78, 5) is 8.68. The van der Waals surface area contributed by atoms with Gasteiger partial charge in [0, 0.05) is 5.69 Å². The molecule has 0 bridgehead atoms. The summed E-state index contributed by atoms with van der Waals surface area (Å²) >= 11 is 1.60. The van der Waals surface area contributed by atoms with E-state index in [4.69, 9.17) is 0 Å². The smallest absolute Gasteiger partial charge is 0.166 e. The first-order chi connectivity index (χ1) is 10.2. The van der Waals surface area contributed by atoms with Crippen molar-refractivity contribution in [1.29, 1.82) is 0 Å². The summed E-state index contributed by atoms with van der Waals surface area (Å²) in [7, 11) is 0. The second-order valence-electron chi connectivity index (χ2n) is 4.53. The van der Waals surface area contributed by atoms with Crippen molar-refractivity contribution in [3.63, 3.8) is 0 Å². The summed E-state index contributed by atoms with van der Waals surface area (Å²) in [5, 5.41) is 12.8. The Kier molecular flexibility index (Phi) is 3.92. The quantitative estimate of drug-likeness (QED) is 0.544. The predicted octanol–water partition coefficient (Wildman–Crippen LogP) is 2.36. The van der Waals surface area contributed by atoms with Crippen LogP contribution in [0.5, 0.6) is 0 Å². The molecule has 106 valence electrons. The van der Waals surface area contributed by atoms with E-state index >= 15 is 0 Å². The number of thioether (sulfide) groups is 1. The molecule has 0 atom stereocenters. The van der Waals surface area contributed by atoms with Crippen LogP contribution in [-0.2, 0) is 5.75 Å². The monoisotopic (exact) mass is 298 g/mol. The van der Waals surface area contributed by atoms with Crippen LogP contribution in [0.4, 0.5) is 0 Å². The Balaban J connectivity index is 1.79. The normalized spacial score (nSPS) is 10.8. The number of aryl methyl sites for hydroxylation is 2. The first kappa shape index (κ1) is 13.7. The Morgan fingerprint density at radius 2 is 1.90 bits per heavy atom. The van der Waals surface area contributed by atoms with Crippen molar-refractivity contribution in [2.75, 3.05) is 0 Å². The Morgan fingerprint density at radius 3 is 2.67 bits per heavy atom. The van der Waals surface area contributed by atoms with Gasteiger partial charge in [0.05, 0.1) is 11.4 Å². The van der Waals surface area contributed by atoms with E-state index in [1.54, 1.807) is 16.4 Å². The molecule has 0 aliphatic carbocycles. The fraction of sp³-hybridized carbons (Fsp3) is 0.214. The second kappa shape index (κ2) is 6.01. The Labute approximate surface area is 126 Å². The summed E-state index contributed by atoms with van der Waals surface area (Å²) in [6.45, 7) is 3.86. The zero-order valence-corrected chi connectivity index (χ0v) is 12.6. The van der Waals surface area contributed by atoms with Crippen molar-refractivity contribution in [3.8, 4) is 5.69 Å². The minimum Gasteiger partial charge on any atom is -0.238 e. The van der Waals surface area contributed by atoms with Crippen LogP contribution in [0.2, 0.25) is 0 Å². The lowest BCUT2D eigenvalue weighted by Crippen LogP contribution is -2.02. The topological polar surface area (TPSA) is 69.4 Å². The van der Waals surface area contributed by atoms with Crippen LogP contribution in [0.3, 0.4) is 0 Å². The molecule has 7 heteroatoms. The van der Waals surface area contributed by atoms with Gasteiger partial charge in [0.2, 0.25) is 0 Å². The van der Waals surface area contributed by atoms with Crippen LogP contribution >= 0.6 is 11.8 Å². The van der Waals surface area contributed by atoms with E-state index in [-0.39, 0.29) is 0 Å². The molecule has 0 fully saturated rings. The molecule has 0 radical (unpaired) electrons. The number of benzene rings is 1. The van der Waals surface area contributed by atoms with Crippen LogP contribution in [0.25, 0.3) is 5.69 Å². The van der Waals surface area contributed by atoms with Crippen LogP contribution in [0.15, 0.2) is 41.4 Å². The third-order valence-corrected chi connectivity index (χ3v) is 3.73. The molecule has 21 heavy (non-hydrogen) atoms. The highest BCUT2D eigenvalue weighted by Crippen LogP contribution is 2.21. The molecule has 6 nitrogen and oxygen atoms in total. The number of hydrogen-bond acceptors (Lipinski definition) is 6. The molecule has 0 saturated heterocycles. The van der Waals surface area contributed by atoms with Gasteiger partial charge in [-0.05, 0) is 42.5 Å². The fourth-order valence-corrected chi connectivity index (χ4v) is 2.87. The van der Waals surface area contributed by atoms with Gasteiger partial charge in [-0.1, -0.05) is 30.0 Å². The SMILES string of the molecule is Cc1cc(SCc2nnnn2-c2ccccc2)nc(C)n1. The van der Waals surface area contributed by atoms with Gasteiger partial charge in [-0.25, -0.2) is 9.97 Å². The summed E-state index contributed by atoms with van der Waals surface area (Å²) in [6, 6.07) is 11.8. The van der Waals surface area contributed by atoms with Crippen LogP contribution < -0.4 is 0 Å². The number of tetrazole rings is 1. The third-order valence-electron chi connectivity index (χ3n) is 2.83. The first-order valence-corrected chi connectivity index (χ1v) is 7.49. The Morgan fingerprint density at radius 1 is 1.10 bits per heavy atom. The summed E-state index contributed by atoms with van der Waals surface area (Å²) in [6.07, 6.45) is 0. The van der Waals surface area contributed by atoms with E-state index in [0.29, 0.717) is 5.75 Å². The maximum absolute atomic E-state index is 4.41. The maximum atomic E-state index is 4.41. The lowest BCUT2D eigenvalue weighted by atomic mass is 10.3. The molecule has 0 amide bonds. The molecule has 2 heterocycles. The molecule has 0 spiro atoms. The van der Waals surface area contributed by atoms with Gasteiger partial charge in [0.1, 0.15) is 10.9 Å². The number of rotatable bonds is 4. The highest BCUT2D eigenvalue weighted by molar-refractivity contribution is 7.98. The van der Waals surface area contributed by atoms with Crippen LogP contribution in [-0.4, -0.2) is 30.2 Å². The average Bonchev–Trinajstić information content (AvgIpc) is 2.93. The van der Waals surface area contributed by atoms with Gasteiger partial charge in [-0.3, -0.25) is 0 Å². The van der Waals surface area contributed by atoms with Crippen molar-refractivity contribution in [2.45, 2.75) is 24.6 Å². The molecule has 0 N–H and O–H groups in total. The van der Waals surface area contributed by atoms with Gasteiger partial charge >= 0.3 is 0 Å². The molecular formula is C14H14N6S. The van der Waals surface area contributed by atoms with Crippen molar-refractivity contribution in [1.82, 2.24) is 30.2 Å². The number of hydrogen-bond donors (Lipinski definition) is 0. The van der Waals surface area contributed by atoms with E-state index < -0.39 is 0 Å². The predicted molar refractivity (Wildman–Crippen MR) is 80.2 cm³/mol. The van der Waals surface area contributed by atoms with Crippen molar-refractivity contribution in [3.05, 3.63) is 53.7 Å². The van der Waals surface area contributed by atoms with E-state index in [1.165, 1.54) is 0 Å². The molecule has 1 aromatic carbocycles. The highest BCUT2D eigenvalue weighted by atomic mass is 32.2. The molecule has 3 rings (SSSR count). The van der Waals surface area contributed by atoms with Gasteiger partial charge in [0.15, 0.2) is 5.82 Å². The highest BCUT2D eigenvalue weighted by Gasteiger charge is 2.09. The molecule has 0 unspecified atom stereocenters. The van der Waals surface area contributed by atoms with E-state index in [1.807, 2.05) is 50.2 Å². The standard InChI is InChI=1S/C14H14N6S/c1-10-8-14(16-11(2)15-10)21-9-13-17-18-19-20(13)12-6-4-3-5-7-12/h3-8H,9H2,1-2H3. The Bertz CT molecular complexity index is 720. The minimum atomic E-state index is 0.651. The van der Waals surface area contributed by atoms with Crippen molar-refractivity contribution >= 4 is 11.8 Å². The van der Waals surface area contributed by atoms with Gasteiger partial charge in [-0.15, -0.1) is 5.10 Å². The second-order valence-corrected chi connectivity index (χ2v) is 5.52. The van der Waals surface area contributed by atoms with Gasteiger partial charge < -0.3 is 0 Å². The summed E-state index contributed by atoms with van der Waals surface area (Å²) < 4.78 is 1.74. The largest absolute Gasteiger partial charge is 0.238 e. The summed E-state index contributed by atoms with van der Waals surface area (Å²) in [5.41, 5.74) is 1.92. The number of nitrogens with zero attached hydrogens (tertiary/aromatic N) is 6. The van der Waals surface area contributed by atoms with Crippen LogP contribution in [0.1, 0.15) is 17.3 Å². The molecule has 0 saturated carbocycles. The molecule has 0 aliphatic rings. The van der Waals surface area contributed by atoms with E-state index in [0.717, 1.165) is 28.1 Å². The van der Waals surface area contributed by atoms with Crippen molar-refractivity contribution < 1.29 is 0 Å². The number of aromatic nitrogens is 6. The molecule has 0 aliphatic heterocycles. The van der Waals surface area contributed by atoms with Crippen molar-refractivity contribution in [2.24, 2.45) is 0 Å². The summed E-state index contributed by atoms with van der Waals surface area (Å²) in [5.74, 6) is 2.22. The number of para-hydroxylation sites is 1.